The highest BCUT2D eigenvalue weighted by Gasteiger charge is 1.95. The molecule has 0 spiro atoms. The smallest absolute Gasteiger partial charge is 0.0707 e. The Morgan fingerprint density at radius 1 is 1.67 bits per heavy atom. The van der Waals surface area contributed by atoms with Crippen LogP contribution in [0, 0.1) is 12.8 Å². The van der Waals surface area contributed by atoms with Gasteiger partial charge in [-0.05, 0) is 12.8 Å². The van der Waals surface area contributed by atoms with Crippen LogP contribution in [0.15, 0.2) is 0 Å². The molecule has 0 fully saturated rings. The van der Waals surface area contributed by atoms with Gasteiger partial charge in [-0.3, -0.25) is 0 Å². The summed E-state index contributed by atoms with van der Waals surface area (Å²) in [6.45, 7) is 9.30. The molecule has 0 saturated carbocycles. The maximum absolute atomic E-state index is 5.02. The van der Waals surface area contributed by atoms with Crippen LogP contribution in [-0.4, -0.2) is 13.2 Å². The topological polar surface area (TPSA) is 21.3 Å². The fourth-order valence-electron chi connectivity index (χ4n) is 0.391. The SMILES string of the molecule is [CH2]CNOCC(C)CC. The molecule has 1 radical (unpaired) electrons. The Morgan fingerprint density at radius 2 is 2.33 bits per heavy atom. The molecule has 0 aliphatic heterocycles. The van der Waals surface area contributed by atoms with Crippen LogP contribution < -0.4 is 5.48 Å². The third-order valence-corrected chi connectivity index (χ3v) is 1.27. The quantitative estimate of drug-likeness (QED) is 0.448. The molecule has 9 heavy (non-hydrogen) atoms. The third-order valence-electron chi connectivity index (χ3n) is 1.27. The Labute approximate surface area is 57.5 Å². The Bertz CT molecular complexity index is 56.9. The van der Waals surface area contributed by atoms with Gasteiger partial charge in [0.1, 0.15) is 0 Å². The predicted octanol–water partition coefficient (Wildman–Crippen LogP) is 1.39. The van der Waals surface area contributed by atoms with Crippen LogP contribution >= 0.6 is 0 Å². The number of hydrogen-bond acceptors (Lipinski definition) is 2. The Morgan fingerprint density at radius 3 is 2.78 bits per heavy atom. The lowest BCUT2D eigenvalue weighted by Crippen LogP contribution is -2.17. The van der Waals surface area contributed by atoms with E-state index in [0.717, 1.165) is 6.61 Å². The van der Waals surface area contributed by atoms with E-state index in [4.69, 9.17) is 4.84 Å². The minimum absolute atomic E-state index is 0.635. The van der Waals surface area contributed by atoms with Crippen molar-refractivity contribution in [2.45, 2.75) is 20.3 Å². The first-order valence-corrected chi connectivity index (χ1v) is 3.45. The van der Waals surface area contributed by atoms with E-state index in [-0.39, 0.29) is 0 Å². The van der Waals surface area contributed by atoms with Crippen LogP contribution in [0.3, 0.4) is 0 Å². The lowest BCUT2D eigenvalue weighted by molar-refractivity contribution is 0.0260. The van der Waals surface area contributed by atoms with Gasteiger partial charge in [0.2, 0.25) is 0 Å². The monoisotopic (exact) mass is 130 g/mol. The molecule has 1 unspecified atom stereocenters. The van der Waals surface area contributed by atoms with Gasteiger partial charge in [0, 0.05) is 6.54 Å². The molecule has 0 aromatic rings. The lowest BCUT2D eigenvalue weighted by atomic mass is 10.1. The summed E-state index contributed by atoms with van der Waals surface area (Å²) >= 11 is 0. The summed E-state index contributed by atoms with van der Waals surface area (Å²) < 4.78 is 0. The zero-order valence-electron chi connectivity index (χ0n) is 6.31. The number of rotatable bonds is 5. The number of nitrogens with one attached hydrogen (secondary N) is 1. The highest BCUT2D eigenvalue weighted by molar-refractivity contribution is 4.44. The first kappa shape index (κ1) is 8.92. The van der Waals surface area contributed by atoms with Crippen LogP contribution in [-0.2, 0) is 4.84 Å². The lowest BCUT2D eigenvalue weighted by Gasteiger charge is -2.07. The van der Waals surface area contributed by atoms with Gasteiger partial charge in [0.05, 0.1) is 6.61 Å². The van der Waals surface area contributed by atoms with E-state index in [9.17, 15) is 0 Å². The molecule has 0 aromatic carbocycles. The first-order chi connectivity index (χ1) is 4.31. The average Bonchev–Trinajstić information content (AvgIpc) is 1.89. The summed E-state index contributed by atoms with van der Waals surface area (Å²) in [5.41, 5.74) is 2.70. The molecule has 0 rings (SSSR count). The molecule has 1 atom stereocenters. The molecular weight excluding hydrogens is 114 g/mol. The van der Waals surface area contributed by atoms with E-state index in [1.807, 2.05) is 0 Å². The van der Waals surface area contributed by atoms with Crippen LogP contribution in [0.4, 0.5) is 0 Å². The van der Waals surface area contributed by atoms with Gasteiger partial charge in [0.15, 0.2) is 0 Å². The standard InChI is InChI=1S/C7H16NO/c1-4-7(3)6-9-8-5-2/h7-8H,2,4-6H2,1,3H3. The number of hydrogen-bond donors (Lipinski definition) is 1. The molecule has 1 N–H and O–H groups in total. The normalized spacial score (nSPS) is 13.7. The molecule has 0 aromatic heterocycles. The van der Waals surface area contributed by atoms with E-state index in [1.54, 1.807) is 0 Å². The first-order valence-electron chi connectivity index (χ1n) is 3.45. The van der Waals surface area contributed by atoms with Crippen LogP contribution in [0.5, 0.6) is 0 Å². The van der Waals surface area contributed by atoms with E-state index < -0.39 is 0 Å². The van der Waals surface area contributed by atoms with Crippen molar-refractivity contribution in [3.05, 3.63) is 6.92 Å². The van der Waals surface area contributed by atoms with Crippen LogP contribution in [0.25, 0.3) is 0 Å². The predicted molar refractivity (Wildman–Crippen MR) is 38.8 cm³/mol. The molecule has 2 nitrogen and oxygen atoms in total. The Kier molecular flexibility index (Phi) is 5.99. The van der Waals surface area contributed by atoms with Crippen molar-refractivity contribution < 1.29 is 4.84 Å². The third kappa shape index (κ3) is 5.80. The van der Waals surface area contributed by atoms with Gasteiger partial charge in [-0.25, -0.2) is 5.48 Å². The van der Waals surface area contributed by atoms with Crippen LogP contribution in [0.2, 0.25) is 0 Å². The summed E-state index contributed by atoms with van der Waals surface area (Å²) in [6, 6.07) is 0. The van der Waals surface area contributed by atoms with Gasteiger partial charge in [0.25, 0.3) is 0 Å². The van der Waals surface area contributed by atoms with Crippen molar-refractivity contribution in [2.24, 2.45) is 5.92 Å². The molecule has 0 bridgehead atoms. The minimum atomic E-state index is 0.635. The Hall–Kier alpha value is -0.0800. The molecule has 0 amide bonds. The summed E-state index contributed by atoms with van der Waals surface area (Å²) in [4.78, 5) is 5.02. The average molecular weight is 130 g/mol. The summed E-state index contributed by atoms with van der Waals surface area (Å²) in [5.74, 6) is 0.643. The van der Waals surface area contributed by atoms with Crippen molar-refractivity contribution in [3.63, 3.8) is 0 Å². The van der Waals surface area contributed by atoms with Crippen molar-refractivity contribution in [1.82, 2.24) is 5.48 Å². The zero-order valence-corrected chi connectivity index (χ0v) is 6.31. The van der Waals surface area contributed by atoms with Crippen molar-refractivity contribution in [2.75, 3.05) is 13.2 Å². The summed E-state index contributed by atoms with van der Waals surface area (Å²) in [6.07, 6.45) is 1.17. The van der Waals surface area contributed by atoms with Gasteiger partial charge < -0.3 is 4.84 Å². The molecule has 0 heterocycles. The highest BCUT2D eigenvalue weighted by Crippen LogP contribution is 1.98. The van der Waals surface area contributed by atoms with E-state index in [1.165, 1.54) is 6.42 Å². The maximum Gasteiger partial charge on any atom is 0.0707 e. The highest BCUT2D eigenvalue weighted by atomic mass is 16.6. The summed E-state index contributed by atoms with van der Waals surface area (Å²) in [7, 11) is 0. The molecule has 0 aliphatic carbocycles. The van der Waals surface area contributed by atoms with Crippen molar-refractivity contribution in [1.29, 1.82) is 0 Å². The fourth-order valence-corrected chi connectivity index (χ4v) is 0.391. The molecular formula is C7H16NO. The minimum Gasteiger partial charge on any atom is -0.302 e. The van der Waals surface area contributed by atoms with Crippen molar-refractivity contribution >= 4 is 0 Å². The largest absolute Gasteiger partial charge is 0.302 e. The Balaban J connectivity index is 2.88. The molecule has 55 valence electrons. The second-order valence-corrected chi connectivity index (χ2v) is 2.22. The second-order valence-electron chi connectivity index (χ2n) is 2.22. The molecule has 2 heteroatoms. The van der Waals surface area contributed by atoms with Crippen molar-refractivity contribution in [3.8, 4) is 0 Å². The molecule has 0 saturated heterocycles. The summed E-state index contributed by atoms with van der Waals surface area (Å²) in [5, 5.41) is 0. The van der Waals surface area contributed by atoms with E-state index in [0.29, 0.717) is 12.5 Å². The van der Waals surface area contributed by atoms with E-state index >= 15 is 0 Å². The van der Waals surface area contributed by atoms with Crippen LogP contribution in [0.1, 0.15) is 20.3 Å². The molecule has 0 aliphatic rings. The van der Waals surface area contributed by atoms with Gasteiger partial charge in [-0.2, -0.15) is 0 Å². The van der Waals surface area contributed by atoms with E-state index in [2.05, 4.69) is 26.3 Å². The fraction of sp³-hybridized carbons (Fsp3) is 0.857. The zero-order chi connectivity index (χ0) is 7.11. The number of hydroxylamine groups is 1. The van der Waals surface area contributed by atoms with Gasteiger partial charge >= 0.3 is 0 Å². The van der Waals surface area contributed by atoms with Gasteiger partial charge in [-0.15, -0.1) is 0 Å². The maximum atomic E-state index is 5.02. The van der Waals surface area contributed by atoms with Gasteiger partial charge in [-0.1, -0.05) is 20.3 Å². The second kappa shape index (κ2) is 6.05.